The maximum Gasteiger partial charge on any atom is 0.255 e. The first-order valence-corrected chi connectivity index (χ1v) is 16.7. The minimum atomic E-state index is -3.51. The number of aromatic amines is 1. The number of anilines is 2. The van der Waals surface area contributed by atoms with E-state index in [2.05, 4.69) is 81.2 Å². The summed E-state index contributed by atoms with van der Waals surface area (Å²) >= 11 is 0. The first kappa shape index (κ1) is 29.5. The average molecular weight is 608 g/mol. The lowest BCUT2D eigenvalue weighted by Gasteiger charge is -2.49. The molecule has 13 heteroatoms. The summed E-state index contributed by atoms with van der Waals surface area (Å²) in [5.41, 5.74) is 9.43. The van der Waals surface area contributed by atoms with Crippen molar-refractivity contribution in [2.24, 2.45) is 11.1 Å². The lowest BCUT2D eigenvalue weighted by Crippen LogP contribution is -2.55. The summed E-state index contributed by atoms with van der Waals surface area (Å²) in [6.07, 6.45) is 3.78. The molecular weight excluding hydrogens is 566 g/mol. The van der Waals surface area contributed by atoms with Crippen LogP contribution in [0.2, 0.25) is 0 Å². The minimum absolute atomic E-state index is 0.00651. The summed E-state index contributed by atoms with van der Waals surface area (Å²) in [7, 11) is -3.51. The molecule has 8 rings (SSSR count). The number of hydrogen-bond acceptors (Lipinski definition) is 9. The molecule has 4 atom stereocenters. The number of H-pyrrole nitrogens is 1. The van der Waals surface area contributed by atoms with Crippen LogP contribution in [-0.4, -0.2) is 70.2 Å². The van der Waals surface area contributed by atoms with E-state index in [9.17, 15) is 8.42 Å². The minimum Gasteiger partial charge on any atom is -0.369 e. The summed E-state index contributed by atoms with van der Waals surface area (Å²) in [4.78, 5) is 11.9. The number of rotatable bonds is 8. The Morgan fingerprint density at radius 1 is 1.21 bits per heavy atom. The molecule has 1 aliphatic carbocycles. The second-order valence-electron chi connectivity index (χ2n) is 12.1. The van der Waals surface area contributed by atoms with Gasteiger partial charge in [0.15, 0.2) is 11.5 Å². The first-order chi connectivity index (χ1) is 20.6. The molecule has 3 aromatic heterocycles. The molecule has 230 valence electrons. The molecule has 0 spiro atoms. The van der Waals surface area contributed by atoms with Gasteiger partial charge in [-0.05, 0) is 43.9 Å². The number of nitrogens with two attached hydrogens (primary N) is 1. The number of fused-ring (bicyclic) bond motifs is 2. The topological polar surface area (TPSA) is 156 Å². The standard InChI is InChI=1S/C28H35N9O3S.C2H6/c1-4-41(38,39)35-25-30-22(32-33-25)21-27(15-29)14-28(21,40-17-27)24-31-23-18(2)12-20(13-37(23)34-24)36-11-10-26(3,16-36)19-8-6-5-7-9-19;1-2/h5-9,12-13,21H,4,10-11,14-17,29H2,1-3H3,(H2,30,32,33,35);1-2H3/t21?,26-,27?,28?;/m0./s1. The Balaban J connectivity index is 0.00000161. The largest absolute Gasteiger partial charge is 0.369 e. The molecule has 0 amide bonds. The van der Waals surface area contributed by atoms with E-state index in [0.29, 0.717) is 31.2 Å². The van der Waals surface area contributed by atoms with E-state index in [4.69, 9.17) is 20.6 Å². The molecule has 4 aliphatic rings. The predicted molar refractivity (Wildman–Crippen MR) is 166 cm³/mol. The molecule has 3 unspecified atom stereocenters. The second kappa shape index (κ2) is 10.6. The van der Waals surface area contributed by atoms with Crippen LogP contribution in [0.15, 0.2) is 42.6 Å². The van der Waals surface area contributed by atoms with E-state index in [0.717, 1.165) is 36.4 Å². The lowest BCUT2D eigenvalue weighted by atomic mass is 9.53. The monoisotopic (exact) mass is 607 g/mol. The Hall–Kier alpha value is -3.55. The maximum absolute atomic E-state index is 12.1. The van der Waals surface area contributed by atoms with E-state index in [1.54, 1.807) is 6.92 Å². The molecule has 4 fully saturated rings. The Morgan fingerprint density at radius 2 is 1.98 bits per heavy atom. The van der Waals surface area contributed by atoms with Crippen LogP contribution >= 0.6 is 0 Å². The van der Waals surface area contributed by atoms with Crippen LogP contribution in [0.4, 0.5) is 11.6 Å². The summed E-state index contributed by atoms with van der Waals surface area (Å²) in [5, 5.41) is 12.0. The third-order valence-corrected chi connectivity index (χ3v) is 10.7. The first-order valence-electron chi connectivity index (χ1n) is 15.1. The van der Waals surface area contributed by atoms with Gasteiger partial charge in [-0.1, -0.05) is 51.1 Å². The van der Waals surface area contributed by atoms with E-state index in [1.807, 2.05) is 18.4 Å². The molecule has 3 aliphatic heterocycles. The van der Waals surface area contributed by atoms with Gasteiger partial charge < -0.3 is 15.4 Å². The number of hydrogen-bond donors (Lipinski definition) is 3. The molecule has 4 N–H and O–H groups in total. The molecule has 3 saturated heterocycles. The maximum atomic E-state index is 12.1. The van der Waals surface area contributed by atoms with E-state index < -0.39 is 15.6 Å². The average Bonchev–Trinajstić information content (AvgIpc) is 3.83. The fraction of sp³-hybridized carbons (Fsp3) is 0.533. The number of nitrogens with zero attached hydrogens (tertiary/aromatic N) is 6. The number of aromatic nitrogens is 6. The zero-order valence-electron chi connectivity index (χ0n) is 25.5. The van der Waals surface area contributed by atoms with Crippen molar-refractivity contribution in [1.29, 1.82) is 0 Å². The zero-order chi connectivity index (χ0) is 30.6. The van der Waals surface area contributed by atoms with Crippen LogP contribution < -0.4 is 15.4 Å². The number of aryl methyl sites for hydroxylation is 1. The van der Waals surface area contributed by atoms with E-state index in [-0.39, 0.29) is 28.4 Å². The molecule has 6 heterocycles. The van der Waals surface area contributed by atoms with Gasteiger partial charge in [0.2, 0.25) is 10.0 Å². The van der Waals surface area contributed by atoms with Crippen LogP contribution in [0.25, 0.3) is 5.65 Å². The number of pyridine rings is 1. The summed E-state index contributed by atoms with van der Waals surface area (Å²) in [6, 6.07) is 12.9. The van der Waals surface area contributed by atoms with Crippen molar-refractivity contribution in [1.82, 2.24) is 29.8 Å². The summed E-state index contributed by atoms with van der Waals surface area (Å²) in [5.74, 6) is 0.741. The van der Waals surface area contributed by atoms with Gasteiger partial charge in [-0.15, -0.1) is 10.2 Å². The smallest absolute Gasteiger partial charge is 0.255 e. The quantitative estimate of drug-likeness (QED) is 0.273. The van der Waals surface area contributed by atoms with Crippen LogP contribution in [0.3, 0.4) is 0 Å². The molecular formula is C30H41N9O3S. The highest BCUT2D eigenvalue weighted by Gasteiger charge is 2.73. The number of benzene rings is 1. The Labute approximate surface area is 252 Å². The van der Waals surface area contributed by atoms with E-state index in [1.165, 1.54) is 5.56 Å². The van der Waals surface area contributed by atoms with Crippen molar-refractivity contribution in [3.63, 3.8) is 0 Å². The van der Waals surface area contributed by atoms with Crippen molar-refractivity contribution in [2.45, 2.75) is 64.4 Å². The van der Waals surface area contributed by atoms with Crippen molar-refractivity contribution in [3.05, 3.63) is 65.4 Å². The highest BCUT2D eigenvalue weighted by molar-refractivity contribution is 7.92. The molecule has 12 nitrogen and oxygen atoms in total. The molecule has 1 saturated carbocycles. The van der Waals surface area contributed by atoms with Gasteiger partial charge in [0.05, 0.1) is 30.2 Å². The van der Waals surface area contributed by atoms with Gasteiger partial charge in [-0.2, -0.15) is 4.98 Å². The van der Waals surface area contributed by atoms with Gasteiger partial charge in [-0.3, -0.25) is 5.10 Å². The fourth-order valence-electron chi connectivity index (χ4n) is 7.07. The number of ether oxygens (including phenoxy) is 1. The van der Waals surface area contributed by atoms with Gasteiger partial charge in [0, 0.05) is 30.5 Å². The van der Waals surface area contributed by atoms with Gasteiger partial charge in [0.1, 0.15) is 11.4 Å². The van der Waals surface area contributed by atoms with Crippen molar-refractivity contribution in [3.8, 4) is 0 Å². The van der Waals surface area contributed by atoms with Crippen molar-refractivity contribution < 1.29 is 13.2 Å². The lowest BCUT2D eigenvalue weighted by molar-refractivity contribution is -0.0555. The molecule has 43 heavy (non-hydrogen) atoms. The molecule has 1 aromatic carbocycles. The third kappa shape index (κ3) is 4.68. The number of sulfonamides is 1. The second-order valence-corrected chi connectivity index (χ2v) is 14.1. The fourth-order valence-corrected chi connectivity index (χ4v) is 7.58. The highest BCUT2D eigenvalue weighted by Crippen LogP contribution is 2.70. The summed E-state index contributed by atoms with van der Waals surface area (Å²) < 4.78 is 34.8. The highest BCUT2D eigenvalue weighted by atomic mass is 32.2. The van der Waals surface area contributed by atoms with Crippen LogP contribution in [0.1, 0.15) is 69.2 Å². The normalized spacial score (nSPS) is 28.0. The Morgan fingerprint density at radius 3 is 2.70 bits per heavy atom. The Bertz CT molecular complexity index is 1740. The Kier molecular flexibility index (Phi) is 7.25. The van der Waals surface area contributed by atoms with E-state index >= 15 is 0 Å². The van der Waals surface area contributed by atoms with Crippen LogP contribution in [0, 0.1) is 12.3 Å². The molecule has 4 aromatic rings. The van der Waals surface area contributed by atoms with Crippen molar-refractivity contribution in [2.75, 3.05) is 41.6 Å². The molecule has 0 radical (unpaired) electrons. The van der Waals surface area contributed by atoms with Crippen LogP contribution in [-0.2, 0) is 25.8 Å². The zero-order valence-corrected chi connectivity index (χ0v) is 26.3. The SMILES string of the molecule is CC.CCS(=O)(=O)Nc1n[nH]c(C2C3(CN)COC2(c2nc4c(C)cc(N5CC[C@](C)(c6ccccc6)C5)cn4n2)C3)n1. The summed E-state index contributed by atoms with van der Waals surface area (Å²) in [6.45, 7) is 12.7. The molecule has 2 bridgehead atoms. The predicted octanol–water partition coefficient (Wildman–Crippen LogP) is 3.47. The number of nitrogens with one attached hydrogen (secondary N) is 2. The van der Waals surface area contributed by atoms with Gasteiger partial charge >= 0.3 is 0 Å². The van der Waals surface area contributed by atoms with Crippen molar-refractivity contribution >= 4 is 27.3 Å². The third-order valence-electron chi connectivity index (χ3n) is 9.41. The van der Waals surface area contributed by atoms with Gasteiger partial charge in [0.25, 0.3) is 5.95 Å². The van der Waals surface area contributed by atoms with Gasteiger partial charge in [-0.25, -0.2) is 22.6 Å². The van der Waals surface area contributed by atoms with Crippen LogP contribution in [0.5, 0.6) is 0 Å².